The highest BCUT2D eigenvalue weighted by Crippen LogP contribution is 2.14. The lowest BCUT2D eigenvalue weighted by Crippen LogP contribution is -2.46. The third-order valence-electron chi connectivity index (χ3n) is 3.90. The van der Waals surface area contributed by atoms with Crippen molar-refractivity contribution in [2.45, 2.75) is 78.8 Å². The van der Waals surface area contributed by atoms with Crippen LogP contribution in [0.25, 0.3) is 0 Å². The summed E-state index contributed by atoms with van der Waals surface area (Å²) in [6, 6.07) is 0.625. The van der Waals surface area contributed by atoms with Gasteiger partial charge in [-0.3, -0.25) is 0 Å². The minimum absolute atomic E-state index is 0.100. The van der Waals surface area contributed by atoms with Crippen molar-refractivity contribution < 1.29 is 5.11 Å². The van der Waals surface area contributed by atoms with Crippen LogP contribution >= 0.6 is 0 Å². The molecule has 122 valence electrons. The average Bonchev–Trinajstić information content (AvgIpc) is 2.39. The van der Waals surface area contributed by atoms with Gasteiger partial charge in [-0.15, -0.1) is 0 Å². The van der Waals surface area contributed by atoms with Crippen LogP contribution in [0.1, 0.15) is 67.2 Å². The Labute approximate surface area is 127 Å². The van der Waals surface area contributed by atoms with E-state index >= 15 is 0 Å². The van der Waals surface area contributed by atoms with Crippen molar-refractivity contribution in [2.24, 2.45) is 5.92 Å². The molecule has 0 aliphatic rings. The number of nitrogens with one attached hydrogen (secondary N) is 1. The second-order valence-corrected chi connectivity index (χ2v) is 7.09. The Kier molecular flexibility index (Phi) is 10.5. The molecule has 0 spiro atoms. The van der Waals surface area contributed by atoms with Crippen LogP contribution in [0.5, 0.6) is 0 Å². The Morgan fingerprint density at radius 3 is 2.25 bits per heavy atom. The van der Waals surface area contributed by atoms with Gasteiger partial charge in [0.25, 0.3) is 0 Å². The fourth-order valence-corrected chi connectivity index (χ4v) is 2.51. The number of hydrogen-bond acceptors (Lipinski definition) is 3. The molecule has 20 heavy (non-hydrogen) atoms. The molecule has 0 heterocycles. The van der Waals surface area contributed by atoms with Gasteiger partial charge < -0.3 is 15.3 Å². The van der Waals surface area contributed by atoms with Gasteiger partial charge in [0, 0.05) is 18.1 Å². The zero-order valence-electron chi connectivity index (χ0n) is 14.7. The molecule has 0 rings (SSSR count). The van der Waals surface area contributed by atoms with E-state index in [9.17, 15) is 5.11 Å². The van der Waals surface area contributed by atoms with Crippen LogP contribution in [0.15, 0.2) is 0 Å². The van der Waals surface area contributed by atoms with E-state index < -0.39 is 0 Å². The summed E-state index contributed by atoms with van der Waals surface area (Å²) in [4.78, 5) is 2.57. The van der Waals surface area contributed by atoms with Gasteiger partial charge >= 0.3 is 0 Å². The highest BCUT2D eigenvalue weighted by Gasteiger charge is 2.21. The summed E-state index contributed by atoms with van der Waals surface area (Å²) < 4.78 is 0. The van der Waals surface area contributed by atoms with Gasteiger partial charge in [0.1, 0.15) is 0 Å². The van der Waals surface area contributed by atoms with Crippen LogP contribution in [0.2, 0.25) is 0 Å². The Balaban J connectivity index is 4.01. The predicted octanol–water partition coefficient (Wildman–Crippen LogP) is 3.27. The average molecular weight is 287 g/mol. The normalized spacial score (nSPS) is 15.3. The summed E-state index contributed by atoms with van der Waals surface area (Å²) in [5, 5.41) is 13.0. The largest absolute Gasteiger partial charge is 0.394 e. The Hall–Kier alpha value is -0.120. The standard InChI is InChI=1S/C17H38N2O/c1-7-11-18-17(6,14-20)10-8-9-12-19(16(4)5)13-15(2)3/h15-16,18,20H,7-14H2,1-6H3. The van der Waals surface area contributed by atoms with Gasteiger partial charge in [-0.1, -0.05) is 27.2 Å². The molecule has 0 bridgehead atoms. The van der Waals surface area contributed by atoms with Crippen molar-refractivity contribution in [1.82, 2.24) is 10.2 Å². The molecule has 1 unspecified atom stereocenters. The van der Waals surface area contributed by atoms with Gasteiger partial charge in [-0.2, -0.15) is 0 Å². The predicted molar refractivity (Wildman–Crippen MR) is 89.2 cm³/mol. The highest BCUT2D eigenvalue weighted by molar-refractivity contribution is 4.82. The highest BCUT2D eigenvalue weighted by atomic mass is 16.3. The fourth-order valence-electron chi connectivity index (χ4n) is 2.51. The van der Waals surface area contributed by atoms with Crippen LogP contribution in [0, 0.1) is 5.92 Å². The quantitative estimate of drug-likeness (QED) is 0.541. The van der Waals surface area contributed by atoms with E-state index in [0.29, 0.717) is 6.04 Å². The van der Waals surface area contributed by atoms with Crippen molar-refractivity contribution in [1.29, 1.82) is 0 Å². The first-order valence-electron chi connectivity index (χ1n) is 8.44. The molecule has 0 aromatic rings. The molecule has 0 fully saturated rings. The minimum Gasteiger partial charge on any atom is -0.394 e. The van der Waals surface area contributed by atoms with Crippen molar-refractivity contribution in [2.75, 3.05) is 26.2 Å². The molecule has 0 saturated heterocycles. The minimum atomic E-state index is -0.100. The van der Waals surface area contributed by atoms with E-state index in [4.69, 9.17) is 0 Å². The molecule has 2 N–H and O–H groups in total. The van der Waals surface area contributed by atoms with Gasteiger partial charge in [-0.25, -0.2) is 0 Å². The summed E-state index contributed by atoms with van der Waals surface area (Å²) in [6.45, 7) is 17.0. The van der Waals surface area contributed by atoms with Crippen LogP contribution in [0.4, 0.5) is 0 Å². The third kappa shape index (κ3) is 8.93. The zero-order valence-corrected chi connectivity index (χ0v) is 14.7. The molecule has 0 radical (unpaired) electrons. The fraction of sp³-hybridized carbons (Fsp3) is 1.00. The maximum absolute atomic E-state index is 9.55. The van der Waals surface area contributed by atoms with Crippen LogP contribution in [0.3, 0.4) is 0 Å². The molecule has 0 aromatic heterocycles. The molecular weight excluding hydrogens is 248 g/mol. The smallest absolute Gasteiger partial charge is 0.0610 e. The lowest BCUT2D eigenvalue weighted by atomic mass is 9.95. The Bertz CT molecular complexity index is 231. The van der Waals surface area contributed by atoms with Crippen LogP contribution in [-0.2, 0) is 0 Å². The number of aliphatic hydroxyl groups is 1. The molecule has 3 nitrogen and oxygen atoms in total. The maximum Gasteiger partial charge on any atom is 0.0610 e. The Morgan fingerprint density at radius 1 is 1.15 bits per heavy atom. The van der Waals surface area contributed by atoms with Crippen LogP contribution < -0.4 is 5.32 Å². The molecule has 1 atom stereocenters. The lowest BCUT2D eigenvalue weighted by Gasteiger charge is -2.31. The first-order chi connectivity index (χ1) is 9.34. The summed E-state index contributed by atoms with van der Waals surface area (Å²) in [5.74, 6) is 0.728. The van der Waals surface area contributed by atoms with E-state index in [1.165, 1.54) is 25.9 Å². The molecule has 0 aliphatic heterocycles. The van der Waals surface area contributed by atoms with Gasteiger partial charge in [0.05, 0.1) is 6.61 Å². The van der Waals surface area contributed by atoms with Crippen molar-refractivity contribution >= 4 is 0 Å². The molecule has 0 amide bonds. The monoisotopic (exact) mass is 286 g/mol. The van der Waals surface area contributed by atoms with E-state index in [0.717, 1.165) is 25.3 Å². The maximum atomic E-state index is 9.55. The second-order valence-electron chi connectivity index (χ2n) is 7.09. The van der Waals surface area contributed by atoms with E-state index in [1.54, 1.807) is 0 Å². The molecule has 0 saturated carbocycles. The number of unbranched alkanes of at least 4 members (excludes halogenated alkanes) is 1. The Morgan fingerprint density at radius 2 is 1.80 bits per heavy atom. The summed E-state index contributed by atoms with van der Waals surface area (Å²) in [7, 11) is 0. The first kappa shape index (κ1) is 19.9. The van der Waals surface area contributed by atoms with Gasteiger partial charge in [0.2, 0.25) is 0 Å². The third-order valence-corrected chi connectivity index (χ3v) is 3.90. The van der Waals surface area contributed by atoms with Gasteiger partial charge in [-0.05, 0) is 59.0 Å². The van der Waals surface area contributed by atoms with Crippen LogP contribution in [-0.4, -0.2) is 47.8 Å². The summed E-state index contributed by atoms with van der Waals surface area (Å²) >= 11 is 0. The summed E-state index contributed by atoms with van der Waals surface area (Å²) in [6.07, 6.45) is 4.56. The van der Waals surface area contributed by atoms with E-state index in [-0.39, 0.29) is 12.1 Å². The lowest BCUT2D eigenvalue weighted by molar-refractivity contribution is 0.156. The summed E-state index contributed by atoms with van der Waals surface area (Å²) in [5.41, 5.74) is -0.100. The molecule has 3 heteroatoms. The number of nitrogens with zero attached hydrogens (tertiary/aromatic N) is 1. The number of rotatable bonds is 12. The van der Waals surface area contributed by atoms with E-state index in [1.807, 2.05) is 0 Å². The van der Waals surface area contributed by atoms with Crippen molar-refractivity contribution in [3.63, 3.8) is 0 Å². The molecular formula is C17H38N2O. The van der Waals surface area contributed by atoms with Crippen molar-refractivity contribution in [3.05, 3.63) is 0 Å². The first-order valence-corrected chi connectivity index (χ1v) is 8.44. The zero-order chi connectivity index (χ0) is 15.6. The topological polar surface area (TPSA) is 35.5 Å². The molecule has 0 aliphatic carbocycles. The van der Waals surface area contributed by atoms with Gasteiger partial charge in [0.15, 0.2) is 0 Å². The number of aliphatic hydroxyl groups excluding tert-OH is 1. The molecule has 0 aromatic carbocycles. The number of hydrogen-bond donors (Lipinski definition) is 2. The SMILES string of the molecule is CCCNC(C)(CO)CCCCN(CC(C)C)C(C)C. The van der Waals surface area contributed by atoms with Crippen molar-refractivity contribution in [3.8, 4) is 0 Å². The second kappa shape index (κ2) is 10.6. The van der Waals surface area contributed by atoms with E-state index in [2.05, 4.69) is 51.8 Å².